The van der Waals surface area contributed by atoms with Crippen molar-refractivity contribution in [3.8, 4) is 0 Å². The topological polar surface area (TPSA) is 43.8 Å². The number of carbonyl (C=O) groups excluding carboxylic acids is 1. The Morgan fingerprint density at radius 2 is 2.12 bits per heavy atom. The van der Waals surface area contributed by atoms with Crippen LogP contribution in [-0.4, -0.2) is 59.1 Å². The molecule has 1 amide bonds. The minimum atomic E-state index is -0.153. The van der Waals surface area contributed by atoms with Crippen LogP contribution in [0.5, 0.6) is 0 Å². The van der Waals surface area contributed by atoms with E-state index < -0.39 is 0 Å². The molecule has 0 saturated carbocycles. The molecule has 1 saturated heterocycles. The van der Waals surface area contributed by atoms with Gasteiger partial charge in [-0.1, -0.05) is 0 Å². The average molecular weight is 228 g/mol. The number of nitrogens with zero attached hydrogens (tertiary/aromatic N) is 2. The van der Waals surface area contributed by atoms with E-state index in [-0.39, 0.29) is 24.6 Å². The molecule has 4 nitrogen and oxygen atoms in total. The summed E-state index contributed by atoms with van der Waals surface area (Å²) < 4.78 is 0. The summed E-state index contributed by atoms with van der Waals surface area (Å²) >= 11 is 0. The number of hydrogen-bond donors (Lipinski definition) is 1. The Kier molecular flexibility index (Phi) is 4.74. The first kappa shape index (κ1) is 13.5. The normalized spacial score (nSPS) is 28.6. The third-order valence-electron chi connectivity index (χ3n) is 3.57. The van der Waals surface area contributed by atoms with Crippen LogP contribution in [0.4, 0.5) is 0 Å². The quantitative estimate of drug-likeness (QED) is 0.773. The number of hydrogen-bond acceptors (Lipinski definition) is 3. The zero-order chi connectivity index (χ0) is 12.3. The molecule has 16 heavy (non-hydrogen) atoms. The van der Waals surface area contributed by atoms with Crippen molar-refractivity contribution in [1.82, 2.24) is 9.80 Å². The second-order valence-electron chi connectivity index (χ2n) is 4.95. The maximum atomic E-state index is 12.2. The molecule has 1 N–H and O–H groups in total. The molecule has 0 aliphatic carbocycles. The van der Waals surface area contributed by atoms with Gasteiger partial charge in [-0.25, -0.2) is 0 Å². The van der Waals surface area contributed by atoms with Crippen LogP contribution in [-0.2, 0) is 4.79 Å². The van der Waals surface area contributed by atoms with E-state index >= 15 is 0 Å². The lowest BCUT2D eigenvalue weighted by molar-refractivity contribution is -0.136. The highest BCUT2D eigenvalue weighted by atomic mass is 16.3. The summed E-state index contributed by atoms with van der Waals surface area (Å²) in [5.41, 5.74) is 0. The second kappa shape index (κ2) is 5.64. The number of carbonyl (C=O) groups is 1. The van der Waals surface area contributed by atoms with E-state index in [0.29, 0.717) is 12.5 Å². The third kappa shape index (κ3) is 2.74. The van der Waals surface area contributed by atoms with Gasteiger partial charge < -0.3 is 10.0 Å². The summed E-state index contributed by atoms with van der Waals surface area (Å²) in [6, 6.07) is 0.483. The van der Waals surface area contributed by atoms with Crippen LogP contribution >= 0.6 is 0 Å². The molecule has 94 valence electrons. The maximum absolute atomic E-state index is 12.2. The Bertz CT molecular complexity index is 243. The Hall–Kier alpha value is -0.610. The first-order valence-corrected chi connectivity index (χ1v) is 6.12. The van der Waals surface area contributed by atoms with E-state index in [1.165, 1.54) is 0 Å². The highest BCUT2D eigenvalue weighted by molar-refractivity contribution is 5.82. The predicted octanol–water partition coefficient (Wildman–Crippen LogP) is 0.698. The van der Waals surface area contributed by atoms with Gasteiger partial charge in [-0.3, -0.25) is 9.69 Å². The van der Waals surface area contributed by atoms with Crippen molar-refractivity contribution in [3.63, 3.8) is 0 Å². The average Bonchev–Trinajstić information content (AvgIpc) is 2.33. The van der Waals surface area contributed by atoms with Crippen molar-refractivity contribution >= 4 is 5.91 Å². The van der Waals surface area contributed by atoms with E-state index in [4.69, 9.17) is 5.11 Å². The Balaban J connectivity index is 2.88. The van der Waals surface area contributed by atoms with Crippen LogP contribution in [0.15, 0.2) is 0 Å². The second-order valence-corrected chi connectivity index (χ2v) is 4.95. The molecule has 1 aliphatic rings. The lowest BCUT2D eigenvalue weighted by Crippen LogP contribution is -2.48. The fourth-order valence-corrected chi connectivity index (χ4v) is 2.31. The smallest absolute Gasteiger partial charge is 0.240 e. The zero-order valence-corrected chi connectivity index (χ0v) is 10.8. The number of aliphatic hydroxyl groups is 1. The fraction of sp³-hybridized carbons (Fsp3) is 0.917. The first-order valence-electron chi connectivity index (χ1n) is 6.12. The SMILES string of the molecule is CC1CCN(C(C)C)C(CCO)C(=O)N1C. The van der Waals surface area contributed by atoms with Crippen molar-refractivity contribution in [2.24, 2.45) is 0 Å². The van der Waals surface area contributed by atoms with Gasteiger partial charge in [0.05, 0.1) is 6.04 Å². The Labute approximate surface area is 98.2 Å². The molecule has 0 spiro atoms. The molecule has 1 aliphatic heterocycles. The van der Waals surface area contributed by atoms with Crippen molar-refractivity contribution < 1.29 is 9.90 Å². The summed E-state index contributed by atoms with van der Waals surface area (Å²) in [6.45, 7) is 7.29. The molecular weight excluding hydrogens is 204 g/mol. The van der Waals surface area contributed by atoms with E-state index in [0.717, 1.165) is 13.0 Å². The van der Waals surface area contributed by atoms with E-state index in [1.54, 1.807) is 0 Å². The molecular formula is C12H24N2O2. The molecule has 1 fully saturated rings. The molecule has 2 unspecified atom stereocenters. The maximum Gasteiger partial charge on any atom is 0.240 e. The molecule has 1 heterocycles. The van der Waals surface area contributed by atoms with Gasteiger partial charge in [-0.2, -0.15) is 0 Å². The summed E-state index contributed by atoms with van der Waals surface area (Å²) in [5, 5.41) is 9.08. The number of aliphatic hydroxyl groups excluding tert-OH is 1. The van der Waals surface area contributed by atoms with Gasteiger partial charge in [0, 0.05) is 32.3 Å². The van der Waals surface area contributed by atoms with Gasteiger partial charge in [0.2, 0.25) is 5.91 Å². The minimum absolute atomic E-state index is 0.0713. The monoisotopic (exact) mass is 228 g/mol. The third-order valence-corrected chi connectivity index (χ3v) is 3.57. The van der Waals surface area contributed by atoms with E-state index in [1.807, 2.05) is 11.9 Å². The van der Waals surface area contributed by atoms with Gasteiger partial charge in [-0.15, -0.1) is 0 Å². The van der Waals surface area contributed by atoms with Crippen LogP contribution in [0.3, 0.4) is 0 Å². The minimum Gasteiger partial charge on any atom is -0.396 e. The number of likely N-dealkylation sites (N-methyl/N-ethyl adjacent to an activating group) is 1. The number of rotatable bonds is 3. The molecule has 0 aromatic carbocycles. The molecule has 1 rings (SSSR count). The van der Waals surface area contributed by atoms with Crippen molar-refractivity contribution in [2.75, 3.05) is 20.2 Å². The molecule has 2 atom stereocenters. The summed E-state index contributed by atoms with van der Waals surface area (Å²) in [4.78, 5) is 16.3. The predicted molar refractivity (Wildman–Crippen MR) is 64.2 cm³/mol. The van der Waals surface area contributed by atoms with Crippen LogP contribution < -0.4 is 0 Å². The van der Waals surface area contributed by atoms with Crippen LogP contribution in [0.2, 0.25) is 0 Å². The largest absolute Gasteiger partial charge is 0.396 e. The van der Waals surface area contributed by atoms with Crippen LogP contribution in [0.25, 0.3) is 0 Å². The highest BCUT2D eigenvalue weighted by Gasteiger charge is 2.34. The van der Waals surface area contributed by atoms with Crippen molar-refractivity contribution in [2.45, 2.75) is 51.7 Å². The number of amides is 1. The first-order chi connectivity index (χ1) is 7.49. The molecule has 0 radical (unpaired) electrons. The molecule has 4 heteroatoms. The zero-order valence-electron chi connectivity index (χ0n) is 10.8. The Morgan fingerprint density at radius 1 is 1.50 bits per heavy atom. The molecule has 0 bridgehead atoms. The van der Waals surface area contributed by atoms with Crippen LogP contribution in [0, 0.1) is 0 Å². The van der Waals surface area contributed by atoms with Gasteiger partial charge in [0.25, 0.3) is 0 Å². The molecule has 0 aromatic rings. The summed E-state index contributed by atoms with van der Waals surface area (Å²) in [7, 11) is 1.86. The van der Waals surface area contributed by atoms with Gasteiger partial charge in [0.15, 0.2) is 0 Å². The Morgan fingerprint density at radius 3 is 2.62 bits per heavy atom. The van der Waals surface area contributed by atoms with E-state index in [2.05, 4.69) is 25.7 Å². The van der Waals surface area contributed by atoms with Crippen molar-refractivity contribution in [1.29, 1.82) is 0 Å². The van der Waals surface area contributed by atoms with Crippen LogP contribution in [0.1, 0.15) is 33.6 Å². The summed E-state index contributed by atoms with van der Waals surface area (Å²) in [5.74, 6) is 0.146. The van der Waals surface area contributed by atoms with Gasteiger partial charge in [0.1, 0.15) is 0 Å². The van der Waals surface area contributed by atoms with E-state index in [9.17, 15) is 4.79 Å². The van der Waals surface area contributed by atoms with Gasteiger partial charge in [-0.05, 0) is 33.6 Å². The fourth-order valence-electron chi connectivity index (χ4n) is 2.31. The van der Waals surface area contributed by atoms with Gasteiger partial charge >= 0.3 is 0 Å². The highest BCUT2D eigenvalue weighted by Crippen LogP contribution is 2.19. The molecule has 0 aromatic heterocycles. The summed E-state index contributed by atoms with van der Waals surface area (Å²) in [6.07, 6.45) is 1.54. The lowest BCUT2D eigenvalue weighted by Gasteiger charge is -2.32. The van der Waals surface area contributed by atoms with Crippen molar-refractivity contribution in [3.05, 3.63) is 0 Å². The lowest BCUT2D eigenvalue weighted by atomic mass is 10.1. The standard InChI is InChI=1S/C12H24N2O2/c1-9(2)14-7-5-10(3)13(4)12(16)11(14)6-8-15/h9-11,15H,5-8H2,1-4H3.